The zero-order valence-corrected chi connectivity index (χ0v) is 16.3. The number of hydrogen-bond acceptors (Lipinski definition) is 4. The van der Waals surface area contributed by atoms with Gasteiger partial charge in [0.15, 0.2) is 0 Å². The summed E-state index contributed by atoms with van der Waals surface area (Å²) in [6, 6.07) is 12.8. The summed E-state index contributed by atoms with van der Waals surface area (Å²) in [6.45, 7) is 0.678. The van der Waals surface area contributed by atoms with Crippen molar-refractivity contribution in [1.82, 2.24) is 5.43 Å². The van der Waals surface area contributed by atoms with Crippen LogP contribution in [0, 0.1) is 0 Å². The van der Waals surface area contributed by atoms with Gasteiger partial charge < -0.3 is 10.0 Å². The van der Waals surface area contributed by atoms with Crippen LogP contribution < -0.4 is 10.3 Å². The predicted octanol–water partition coefficient (Wildman–Crippen LogP) is 3.36. The highest BCUT2D eigenvalue weighted by atomic mass is 79.9. The Hall–Kier alpha value is -2.67. The molecule has 0 radical (unpaired) electrons. The number of benzene rings is 2. The van der Waals surface area contributed by atoms with Crippen LogP contribution >= 0.6 is 15.9 Å². The molecule has 0 atom stereocenters. The Morgan fingerprint density at radius 2 is 2.04 bits per heavy atom. The number of hydrogen-bond donors (Lipinski definition) is 2. The molecule has 2 aromatic carbocycles. The summed E-state index contributed by atoms with van der Waals surface area (Å²) in [5, 5.41) is 13.6. The zero-order valence-electron chi connectivity index (χ0n) is 14.7. The molecule has 2 amide bonds. The van der Waals surface area contributed by atoms with Crippen LogP contribution in [0.1, 0.15) is 30.4 Å². The average molecular weight is 430 g/mol. The third-order valence-corrected chi connectivity index (χ3v) is 4.85. The number of fused-ring (bicyclic) bond motifs is 1. The van der Waals surface area contributed by atoms with Crippen molar-refractivity contribution in [3.63, 3.8) is 0 Å². The summed E-state index contributed by atoms with van der Waals surface area (Å²) < 4.78 is 0.792. The van der Waals surface area contributed by atoms with Gasteiger partial charge in [0.2, 0.25) is 11.8 Å². The maximum atomic E-state index is 12.5. The maximum absolute atomic E-state index is 12.5. The Balaban J connectivity index is 1.52. The molecule has 0 spiro atoms. The van der Waals surface area contributed by atoms with Crippen LogP contribution in [0.5, 0.6) is 5.75 Å². The second-order valence-electron chi connectivity index (χ2n) is 6.27. The number of hydrazone groups is 1. The molecule has 27 heavy (non-hydrogen) atoms. The Labute approximate surface area is 166 Å². The van der Waals surface area contributed by atoms with Crippen LogP contribution in [0.4, 0.5) is 5.69 Å². The Bertz CT molecular complexity index is 883. The van der Waals surface area contributed by atoms with Gasteiger partial charge >= 0.3 is 0 Å². The lowest BCUT2D eigenvalue weighted by Gasteiger charge is -2.29. The second kappa shape index (κ2) is 8.81. The minimum Gasteiger partial charge on any atom is -0.507 e. The van der Waals surface area contributed by atoms with E-state index in [0.717, 1.165) is 23.0 Å². The fourth-order valence-electron chi connectivity index (χ4n) is 3.01. The summed E-state index contributed by atoms with van der Waals surface area (Å²) >= 11 is 3.31. The number of phenols is 1. The Morgan fingerprint density at radius 3 is 2.89 bits per heavy atom. The number of para-hydroxylation sites is 1. The third-order valence-electron chi connectivity index (χ3n) is 4.36. The van der Waals surface area contributed by atoms with Crippen molar-refractivity contribution < 1.29 is 14.7 Å². The molecule has 0 saturated carbocycles. The summed E-state index contributed by atoms with van der Waals surface area (Å²) in [5.74, 6) is -0.347. The molecular formula is C20H20BrN3O3. The largest absolute Gasteiger partial charge is 0.507 e. The number of nitrogens with one attached hydrogen (secondary N) is 1. The van der Waals surface area contributed by atoms with Crippen molar-refractivity contribution in [2.75, 3.05) is 11.4 Å². The molecule has 0 aliphatic carbocycles. The van der Waals surface area contributed by atoms with E-state index < -0.39 is 0 Å². The fraction of sp³-hybridized carbons (Fsp3) is 0.250. The number of nitrogens with zero attached hydrogens (tertiary/aromatic N) is 2. The van der Waals surface area contributed by atoms with E-state index >= 15 is 0 Å². The van der Waals surface area contributed by atoms with Crippen molar-refractivity contribution in [3.8, 4) is 5.75 Å². The van der Waals surface area contributed by atoms with E-state index in [1.165, 1.54) is 17.8 Å². The zero-order chi connectivity index (χ0) is 19.2. The van der Waals surface area contributed by atoms with E-state index in [4.69, 9.17) is 0 Å². The van der Waals surface area contributed by atoms with Crippen LogP contribution in [0.2, 0.25) is 0 Å². The first kappa shape index (κ1) is 19.1. The van der Waals surface area contributed by atoms with E-state index in [9.17, 15) is 14.7 Å². The molecule has 1 aliphatic rings. The number of amides is 2. The van der Waals surface area contributed by atoms with Crippen LogP contribution in [-0.4, -0.2) is 29.7 Å². The smallest absolute Gasteiger partial charge is 0.240 e. The number of carbonyl (C=O) groups excluding carboxylic acids is 2. The highest BCUT2D eigenvalue weighted by Gasteiger charge is 2.22. The Kier molecular flexibility index (Phi) is 6.24. The van der Waals surface area contributed by atoms with Crippen molar-refractivity contribution in [1.29, 1.82) is 0 Å². The average Bonchev–Trinajstić information content (AvgIpc) is 2.68. The summed E-state index contributed by atoms with van der Waals surface area (Å²) in [5.41, 5.74) is 4.97. The lowest BCUT2D eigenvalue weighted by Crippen LogP contribution is -2.36. The molecule has 0 saturated heterocycles. The van der Waals surface area contributed by atoms with Gasteiger partial charge in [-0.2, -0.15) is 5.10 Å². The normalized spacial score (nSPS) is 13.4. The molecule has 7 heteroatoms. The highest BCUT2D eigenvalue weighted by molar-refractivity contribution is 9.10. The van der Waals surface area contributed by atoms with Gasteiger partial charge in [0.05, 0.1) is 6.21 Å². The van der Waals surface area contributed by atoms with Gasteiger partial charge in [0.25, 0.3) is 0 Å². The van der Waals surface area contributed by atoms with Crippen LogP contribution in [0.15, 0.2) is 52.0 Å². The number of anilines is 1. The van der Waals surface area contributed by atoms with Crippen molar-refractivity contribution in [2.24, 2.45) is 5.10 Å². The van der Waals surface area contributed by atoms with Crippen LogP contribution in [0.25, 0.3) is 0 Å². The number of halogens is 1. The lowest BCUT2D eigenvalue weighted by atomic mass is 10.0. The molecule has 0 aromatic heterocycles. The standard InChI is InChI=1S/C20H20BrN3O3/c21-16-7-8-18(25)15(12-16)13-22-23-19(26)9-10-20(27)24-11-3-5-14-4-1-2-6-17(14)24/h1-2,4,6-8,12-13,25H,3,5,9-11H2,(H,23,26)/b22-13+. The van der Waals surface area contributed by atoms with Gasteiger partial charge in [-0.05, 0) is 42.7 Å². The highest BCUT2D eigenvalue weighted by Crippen LogP contribution is 2.27. The maximum Gasteiger partial charge on any atom is 0.240 e. The number of rotatable bonds is 5. The van der Waals surface area contributed by atoms with E-state index in [1.807, 2.05) is 24.3 Å². The van der Waals surface area contributed by atoms with Crippen molar-refractivity contribution in [3.05, 3.63) is 58.1 Å². The van der Waals surface area contributed by atoms with E-state index in [1.54, 1.807) is 17.0 Å². The van der Waals surface area contributed by atoms with Crippen molar-refractivity contribution in [2.45, 2.75) is 25.7 Å². The van der Waals surface area contributed by atoms with Gasteiger partial charge in [-0.15, -0.1) is 0 Å². The quantitative estimate of drug-likeness (QED) is 0.564. The molecule has 1 aliphatic heterocycles. The minimum absolute atomic E-state index is 0.0549. The monoisotopic (exact) mass is 429 g/mol. The molecule has 0 unspecified atom stereocenters. The molecule has 3 rings (SSSR count). The van der Waals surface area contributed by atoms with E-state index in [2.05, 4.69) is 26.5 Å². The first-order chi connectivity index (χ1) is 13.0. The summed E-state index contributed by atoms with van der Waals surface area (Å²) in [4.78, 5) is 26.2. The number of aromatic hydroxyl groups is 1. The van der Waals surface area contributed by atoms with Gasteiger partial charge in [0, 0.05) is 35.1 Å². The van der Waals surface area contributed by atoms with E-state index in [0.29, 0.717) is 12.1 Å². The van der Waals surface area contributed by atoms with Gasteiger partial charge in [-0.1, -0.05) is 34.1 Å². The topological polar surface area (TPSA) is 82.0 Å². The second-order valence-corrected chi connectivity index (χ2v) is 7.19. The minimum atomic E-state index is -0.348. The Morgan fingerprint density at radius 1 is 1.22 bits per heavy atom. The van der Waals surface area contributed by atoms with Crippen molar-refractivity contribution >= 4 is 39.6 Å². The number of aryl methyl sites for hydroxylation is 1. The van der Waals surface area contributed by atoms with Crippen LogP contribution in [0.3, 0.4) is 0 Å². The SMILES string of the molecule is O=C(CCC(=O)N1CCCc2ccccc21)N/N=C/c1cc(Br)ccc1O. The molecule has 0 bridgehead atoms. The first-order valence-electron chi connectivity index (χ1n) is 8.73. The van der Waals surface area contributed by atoms with Gasteiger partial charge in [-0.25, -0.2) is 5.43 Å². The number of phenolic OH excluding ortho intramolecular Hbond substituents is 1. The summed E-state index contributed by atoms with van der Waals surface area (Å²) in [6.07, 6.45) is 3.44. The molecular weight excluding hydrogens is 410 g/mol. The molecule has 0 fully saturated rings. The molecule has 2 N–H and O–H groups in total. The van der Waals surface area contributed by atoms with Gasteiger partial charge in [-0.3, -0.25) is 9.59 Å². The predicted molar refractivity (Wildman–Crippen MR) is 108 cm³/mol. The first-order valence-corrected chi connectivity index (χ1v) is 9.52. The molecule has 6 nitrogen and oxygen atoms in total. The van der Waals surface area contributed by atoms with Gasteiger partial charge in [0.1, 0.15) is 5.75 Å². The fourth-order valence-corrected chi connectivity index (χ4v) is 3.39. The third kappa shape index (κ3) is 4.95. The summed E-state index contributed by atoms with van der Waals surface area (Å²) in [7, 11) is 0. The molecule has 140 valence electrons. The molecule has 1 heterocycles. The van der Waals surface area contributed by atoms with Crippen LogP contribution in [-0.2, 0) is 16.0 Å². The lowest BCUT2D eigenvalue weighted by molar-refractivity contribution is -0.125. The van der Waals surface area contributed by atoms with E-state index in [-0.39, 0.29) is 30.4 Å². The number of carbonyl (C=O) groups is 2. The molecule has 2 aromatic rings.